The van der Waals surface area contributed by atoms with Crippen molar-refractivity contribution >= 4 is 17.3 Å². The molecule has 0 saturated heterocycles. The van der Waals surface area contributed by atoms with Crippen molar-refractivity contribution in [2.75, 3.05) is 5.73 Å². The van der Waals surface area contributed by atoms with Crippen LogP contribution >= 0.6 is 11.6 Å². The molecule has 72 valence electrons. The van der Waals surface area contributed by atoms with Crippen molar-refractivity contribution in [3.05, 3.63) is 40.2 Å². The van der Waals surface area contributed by atoms with Crippen molar-refractivity contribution in [3.63, 3.8) is 0 Å². The van der Waals surface area contributed by atoms with Crippen LogP contribution in [0.4, 0.5) is 5.69 Å². The predicted molar refractivity (Wildman–Crippen MR) is 51.5 cm³/mol. The van der Waals surface area contributed by atoms with E-state index in [0.29, 0.717) is 5.88 Å². The summed E-state index contributed by atoms with van der Waals surface area (Å²) in [5.41, 5.74) is 4.99. The zero-order chi connectivity index (χ0) is 10.1. The van der Waals surface area contributed by atoms with Crippen LogP contribution in [0.5, 0.6) is 0 Å². The largest absolute Gasteiger partial charge is 0.428 e. The van der Waals surface area contributed by atoms with E-state index in [4.69, 9.17) is 21.8 Å². The van der Waals surface area contributed by atoms with Gasteiger partial charge in [-0.05, 0) is 17.7 Å². The van der Waals surface area contributed by atoms with Crippen LogP contribution in [0.1, 0.15) is 0 Å². The summed E-state index contributed by atoms with van der Waals surface area (Å²) in [6, 6.07) is 3.24. The molecule has 0 atom stereocenters. The van der Waals surface area contributed by atoms with Gasteiger partial charge in [0, 0.05) is 12.3 Å². The molecule has 0 fully saturated rings. The lowest BCUT2D eigenvalue weighted by Gasteiger charge is -2.00. The van der Waals surface area contributed by atoms with Crippen LogP contribution in [0.3, 0.4) is 0 Å². The summed E-state index contributed by atoms with van der Waals surface area (Å²) in [4.78, 5) is 14.4. The minimum absolute atomic E-state index is 0.0556. The van der Waals surface area contributed by atoms with E-state index in [-0.39, 0.29) is 10.9 Å². The molecule has 2 heterocycles. The number of anilines is 1. The lowest BCUT2D eigenvalue weighted by molar-refractivity contribution is 0.537. The van der Waals surface area contributed by atoms with Crippen LogP contribution in [0.25, 0.3) is 5.88 Å². The Morgan fingerprint density at radius 1 is 1.50 bits per heavy atom. The van der Waals surface area contributed by atoms with E-state index in [1.165, 1.54) is 17.1 Å². The fraction of sp³-hybridized carbons (Fsp3) is 0. The van der Waals surface area contributed by atoms with Gasteiger partial charge in [0.25, 0.3) is 5.56 Å². The Labute approximate surface area is 83.7 Å². The van der Waals surface area contributed by atoms with Crippen molar-refractivity contribution in [3.8, 4) is 5.88 Å². The first-order chi connectivity index (χ1) is 6.66. The molecule has 0 amide bonds. The maximum absolute atomic E-state index is 10.9. The summed E-state index contributed by atoms with van der Waals surface area (Å²) in [5.74, 6) is 0.453. The van der Waals surface area contributed by atoms with E-state index in [2.05, 4.69) is 4.98 Å². The second-order valence-corrected chi connectivity index (χ2v) is 2.99. The first-order valence-electron chi connectivity index (χ1n) is 3.76. The highest BCUT2D eigenvalue weighted by Gasteiger charge is 2.02. The minimum Gasteiger partial charge on any atom is -0.428 e. The van der Waals surface area contributed by atoms with Crippen LogP contribution in [0.2, 0.25) is 5.22 Å². The Morgan fingerprint density at radius 2 is 2.29 bits per heavy atom. The highest BCUT2D eigenvalue weighted by Crippen LogP contribution is 2.16. The summed E-state index contributed by atoms with van der Waals surface area (Å²) in [7, 11) is 0. The topological polar surface area (TPSA) is 74.1 Å². The highest BCUT2D eigenvalue weighted by atomic mass is 35.5. The molecule has 0 aliphatic carbocycles. The van der Waals surface area contributed by atoms with Crippen molar-refractivity contribution in [1.82, 2.24) is 9.55 Å². The average molecular weight is 212 g/mol. The van der Waals surface area contributed by atoms with Crippen LogP contribution in [-0.4, -0.2) is 9.55 Å². The second-order valence-electron chi connectivity index (χ2n) is 2.62. The number of hydrogen-bond donors (Lipinski definition) is 1. The van der Waals surface area contributed by atoms with Crippen LogP contribution < -0.4 is 11.3 Å². The minimum atomic E-state index is -0.459. The first kappa shape index (κ1) is 8.83. The van der Waals surface area contributed by atoms with E-state index in [1.54, 1.807) is 12.1 Å². The quantitative estimate of drug-likeness (QED) is 0.766. The molecule has 5 nitrogen and oxygen atoms in total. The molecule has 0 aliphatic heterocycles. The molecule has 2 rings (SSSR count). The molecule has 0 aliphatic rings. The Bertz CT molecular complexity index is 517. The molecule has 0 saturated carbocycles. The standard InChI is InChI=1S/C8H6ClN3O2/c9-6-1-2-7(14-6)12-3-5(10)8(13)11-4-12/h1-4H,10H2. The van der Waals surface area contributed by atoms with Gasteiger partial charge in [0.15, 0.2) is 5.22 Å². The third-order valence-electron chi connectivity index (χ3n) is 1.64. The van der Waals surface area contributed by atoms with E-state index in [0.717, 1.165) is 0 Å². The maximum atomic E-state index is 10.9. The molecule has 6 heteroatoms. The summed E-state index contributed by atoms with van der Waals surface area (Å²) >= 11 is 5.59. The number of nitrogens with zero attached hydrogens (tertiary/aromatic N) is 2. The van der Waals surface area contributed by atoms with Gasteiger partial charge in [-0.3, -0.25) is 9.36 Å². The Morgan fingerprint density at radius 3 is 2.86 bits per heavy atom. The predicted octanol–water partition coefficient (Wildman–Crippen LogP) is 1.06. The summed E-state index contributed by atoms with van der Waals surface area (Å²) in [6.07, 6.45) is 2.73. The Hall–Kier alpha value is -1.75. The summed E-state index contributed by atoms with van der Waals surface area (Å²) in [6.45, 7) is 0. The molecule has 2 aromatic heterocycles. The number of nitrogens with two attached hydrogens (primary N) is 1. The van der Waals surface area contributed by atoms with Gasteiger partial charge in [-0.2, -0.15) is 4.98 Å². The zero-order valence-corrected chi connectivity index (χ0v) is 7.73. The number of halogens is 1. The van der Waals surface area contributed by atoms with Crippen molar-refractivity contribution < 1.29 is 4.42 Å². The zero-order valence-electron chi connectivity index (χ0n) is 6.98. The number of nitrogen functional groups attached to an aromatic ring is 1. The molecule has 0 unspecified atom stereocenters. The lowest BCUT2D eigenvalue weighted by Crippen LogP contribution is -2.14. The average Bonchev–Trinajstić information content (AvgIpc) is 2.57. The first-order valence-corrected chi connectivity index (χ1v) is 4.14. The monoisotopic (exact) mass is 211 g/mol. The van der Waals surface area contributed by atoms with Gasteiger partial charge in [-0.25, -0.2) is 0 Å². The van der Waals surface area contributed by atoms with Gasteiger partial charge in [-0.1, -0.05) is 0 Å². The summed E-state index contributed by atoms with van der Waals surface area (Å²) in [5, 5.41) is 0.261. The number of hydrogen-bond acceptors (Lipinski definition) is 4. The Kier molecular flexibility index (Phi) is 2.01. The van der Waals surface area contributed by atoms with Gasteiger partial charge in [0.2, 0.25) is 5.88 Å². The van der Waals surface area contributed by atoms with Crippen LogP contribution in [0, 0.1) is 0 Å². The lowest BCUT2D eigenvalue weighted by atomic mass is 10.5. The Balaban J connectivity index is 2.52. The fourth-order valence-electron chi connectivity index (χ4n) is 0.992. The molecule has 0 aromatic carbocycles. The fourth-order valence-corrected chi connectivity index (χ4v) is 1.13. The maximum Gasteiger partial charge on any atom is 0.295 e. The SMILES string of the molecule is Nc1cn(-c2ccc(Cl)o2)cnc1=O. The number of aromatic nitrogens is 2. The number of furan rings is 1. The normalized spacial score (nSPS) is 10.4. The molecule has 0 radical (unpaired) electrons. The van der Waals surface area contributed by atoms with E-state index >= 15 is 0 Å². The van der Waals surface area contributed by atoms with E-state index in [1.807, 2.05) is 0 Å². The van der Waals surface area contributed by atoms with Crippen molar-refractivity contribution in [2.45, 2.75) is 0 Å². The highest BCUT2D eigenvalue weighted by molar-refractivity contribution is 6.28. The van der Waals surface area contributed by atoms with Gasteiger partial charge in [0.1, 0.15) is 12.0 Å². The molecule has 2 N–H and O–H groups in total. The molecular formula is C8H6ClN3O2. The third-order valence-corrected chi connectivity index (χ3v) is 1.84. The third kappa shape index (κ3) is 1.49. The van der Waals surface area contributed by atoms with E-state index < -0.39 is 5.56 Å². The van der Waals surface area contributed by atoms with Gasteiger partial charge < -0.3 is 10.2 Å². The van der Waals surface area contributed by atoms with Crippen molar-refractivity contribution in [1.29, 1.82) is 0 Å². The van der Waals surface area contributed by atoms with Gasteiger partial charge in [0.05, 0.1) is 0 Å². The molecule has 0 spiro atoms. The van der Waals surface area contributed by atoms with Crippen molar-refractivity contribution in [2.24, 2.45) is 0 Å². The van der Waals surface area contributed by atoms with E-state index in [9.17, 15) is 4.79 Å². The summed E-state index contributed by atoms with van der Waals surface area (Å²) < 4.78 is 6.57. The van der Waals surface area contributed by atoms with Gasteiger partial charge >= 0.3 is 0 Å². The molecule has 14 heavy (non-hydrogen) atoms. The molecule has 2 aromatic rings. The second kappa shape index (κ2) is 3.19. The van der Waals surface area contributed by atoms with Gasteiger partial charge in [-0.15, -0.1) is 0 Å². The van der Waals surface area contributed by atoms with Crippen LogP contribution in [-0.2, 0) is 0 Å². The molecule has 0 bridgehead atoms. The van der Waals surface area contributed by atoms with Crippen LogP contribution in [0.15, 0.2) is 33.9 Å². The number of rotatable bonds is 1. The molecular weight excluding hydrogens is 206 g/mol. The smallest absolute Gasteiger partial charge is 0.295 e.